The van der Waals surface area contributed by atoms with E-state index < -0.39 is 0 Å². The molecule has 1 atom stereocenters. The third-order valence-electron chi connectivity index (χ3n) is 4.54. The van der Waals surface area contributed by atoms with Crippen molar-refractivity contribution >= 4 is 5.91 Å². The molecule has 0 N–H and O–H groups in total. The maximum Gasteiger partial charge on any atom is 0.289 e. The van der Waals surface area contributed by atoms with Crippen molar-refractivity contribution in [2.75, 3.05) is 26.2 Å². The quantitative estimate of drug-likeness (QED) is 0.852. The molecule has 1 aromatic heterocycles. The van der Waals surface area contributed by atoms with Crippen molar-refractivity contribution in [3.8, 4) is 0 Å². The number of hydrogen-bond donors (Lipinski definition) is 0. The molecule has 0 radical (unpaired) electrons. The van der Waals surface area contributed by atoms with Gasteiger partial charge in [0.1, 0.15) is 0 Å². The molecule has 3 rings (SSSR count). The standard InChI is InChI=1S/C16H24N2O2/c19-16(15-8-6-12-20-15)18-11-3-1-2-7-14(18)13-17-9-4-5-10-17/h6,8,12,14H,1-5,7,9-11,13H2. The maximum absolute atomic E-state index is 12.6. The highest BCUT2D eigenvalue weighted by molar-refractivity contribution is 5.91. The summed E-state index contributed by atoms with van der Waals surface area (Å²) < 4.78 is 5.30. The number of likely N-dealkylation sites (tertiary alicyclic amines) is 2. The highest BCUT2D eigenvalue weighted by Crippen LogP contribution is 2.22. The van der Waals surface area contributed by atoms with Gasteiger partial charge in [-0.05, 0) is 50.9 Å². The lowest BCUT2D eigenvalue weighted by Gasteiger charge is -2.32. The molecule has 4 nitrogen and oxygen atoms in total. The van der Waals surface area contributed by atoms with E-state index in [0.717, 1.165) is 25.9 Å². The van der Waals surface area contributed by atoms with Crippen molar-refractivity contribution in [1.82, 2.24) is 9.80 Å². The van der Waals surface area contributed by atoms with E-state index in [2.05, 4.69) is 9.80 Å². The number of furan rings is 1. The smallest absolute Gasteiger partial charge is 0.289 e. The van der Waals surface area contributed by atoms with Gasteiger partial charge in [-0.25, -0.2) is 0 Å². The second-order valence-electron chi connectivity index (χ2n) is 5.99. The van der Waals surface area contributed by atoms with E-state index in [1.54, 1.807) is 18.4 Å². The lowest BCUT2D eigenvalue weighted by atomic mass is 10.1. The van der Waals surface area contributed by atoms with E-state index in [4.69, 9.17) is 4.42 Å². The van der Waals surface area contributed by atoms with E-state index in [-0.39, 0.29) is 5.91 Å². The third kappa shape index (κ3) is 3.06. The van der Waals surface area contributed by atoms with Gasteiger partial charge in [-0.15, -0.1) is 0 Å². The molecule has 0 aromatic carbocycles. The molecule has 20 heavy (non-hydrogen) atoms. The van der Waals surface area contributed by atoms with Crippen LogP contribution in [0.25, 0.3) is 0 Å². The summed E-state index contributed by atoms with van der Waals surface area (Å²) in [4.78, 5) is 17.2. The molecule has 1 amide bonds. The number of carbonyl (C=O) groups is 1. The first-order valence-electron chi connectivity index (χ1n) is 7.91. The van der Waals surface area contributed by atoms with Crippen LogP contribution in [0.15, 0.2) is 22.8 Å². The largest absolute Gasteiger partial charge is 0.459 e. The van der Waals surface area contributed by atoms with E-state index in [0.29, 0.717) is 11.8 Å². The highest BCUT2D eigenvalue weighted by atomic mass is 16.3. The third-order valence-corrected chi connectivity index (χ3v) is 4.54. The van der Waals surface area contributed by atoms with E-state index in [1.807, 2.05) is 0 Å². The van der Waals surface area contributed by atoms with Crippen molar-refractivity contribution in [3.63, 3.8) is 0 Å². The Kier molecular flexibility index (Phi) is 4.41. The van der Waals surface area contributed by atoms with Gasteiger partial charge in [0.25, 0.3) is 5.91 Å². The van der Waals surface area contributed by atoms with Crippen LogP contribution >= 0.6 is 0 Å². The SMILES string of the molecule is O=C(c1ccco1)N1CCCCCC1CN1CCCC1. The topological polar surface area (TPSA) is 36.7 Å². The van der Waals surface area contributed by atoms with Crippen LogP contribution in [0.5, 0.6) is 0 Å². The summed E-state index contributed by atoms with van der Waals surface area (Å²) in [5.41, 5.74) is 0. The molecule has 2 saturated heterocycles. The molecule has 0 spiro atoms. The molecule has 0 saturated carbocycles. The summed E-state index contributed by atoms with van der Waals surface area (Å²) in [6.45, 7) is 4.29. The van der Waals surface area contributed by atoms with Crippen LogP contribution in [0.1, 0.15) is 49.1 Å². The molecule has 2 aliphatic rings. The van der Waals surface area contributed by atoms with Crippen LogP contribution in [0.3, 0.4) is 0 Å². The number of nitrogens with zero attached hydrogens (tertiary/aromatic N) is 2. The van der Waals surface area contributed by atoms with E-state index in [9.17, 15) is 4.79 Å². The van der Waals surface area contributed by atoms with Gasteiger partial charge in [0.2, 0.25) is 0 Å². The summed E-state index contributed by atoms with van der Waals surface area (Å²) in [5, 5.41) is 0. The summed E-state index contributed by atoms with van der Waals surface area (Å²) >= 11 is 0. The second-order valence-corrected chi connectivity index (χ2v) is 5.99. The Labute approximate surface area is 120 Å². The summed E-state index contributed by atoms with van der Waals surface area (Å²) in [7, 11) is 0. The molecule has 4 heteroatoms. The van der Waals surface area contributed by atoms with Crippen LogP contribution in [-0.2, 0) is 0 Å². The zero-order chi connectivity index (χ0) is 13.8. The number of amides is 1. The molecule has 1 aromatic rings. The van der Waals surface area contributed by atoms with Gasteiger partial charge in [0, 0.05) is 19.1 Å². The Morgan fingerprint density at radius 2 is 1.95 bits per heavy atom. The lowest BCUT2D eigenvalue weighted by molar-refractivity contribution is 0.0611. The molecular formula is C16H24N2O2. The Balaban J connectivity index is 1.71. The fourth-order valence-electron chi connectivity index (χ4n) is 3.44. The van der Waals surface area contributed by atoms with Gasteiger partial charge in [-0.2, -0.15) is 0 Å². The molecule has 2 fully saturated rings. The first-order valence-corrected chi connectivity index (χ1v) is 7.91. The second kappa shape index (κ2) is 6.44. The summed E-state index contributed by atoms with van der Waals surface area (Å²) in [5.74, 6) is 0.555. The zero-order valence-electron chi connectivity index (χ0n) is 12.1. The zero-order valence-corrected chi connectivity index (χ0v) is 12.1. The molecule has 2 aliphatic heterocycles. The van der Waals surface area contributed by atoms with Crippen molar-refractivity contribution in [3.05, 3.63) is 24.2 Å². The normalized spacial score (nSPS) is 24.8. The van der Waals surface area contributed by atoms with Gasteiger partial charge in [-0.3, -0.25) is 4.79 Å². The van der Waals surface area contributed by atoms with Gasteiger partial charge >= 0.3 is 0 Å². The Morgan fingerprint density at radius 1 is 1.15 bits per heavy atom. The molecular weight excluding hydrogens is 252 g/mol. The summed E-state index contributed by atoms with van der Waals surface area (Å²) in [6.07, 6.45) is 8.91. The van der Waals surface area contributed by atoms with Crippen molar-refractivity contribution in [2.45, 2.75) is 44.6 Å². The Bertz CT molecular complexity index is 424. The van der Waals surface area contributed by atoms with Crippen LogP contribution < -0.4 is 0 Å². The molecule has 110 valence electrons. The Hall–Kier alpha value is -1.29. The minimum atomic E-state index is 0.0705. The molecule has 1 unspecified atom stereocenters. The number of rotatable bonds is 3. The lowest BCUT2D eigenvalue weighted by Crippen LogP contribution is -2.46. The van der Waals surface area contributed by atoms with Gasteiger partial charge in [0.05, 0.1) is 6.26 Å². The fourth-order valence-corrected chi connectivity index (χ4v) is 3.44. The van der Waals surface area contributed by atoms with Crippen LogP contribution in [0.4, 0.5) is 0 Å². The molecule has 0 aliphatic carbocycles. The highest BCUT2D eigenvalue weighted by Gasteiger charge is 2.29. The van der Waals surface area contributed by atoms with Crippen LogP contribution in [0, 0.1) is 0 Å². The Morgan fingerprint density at radius 3 is 2.70 bits per heavy atom. The first kappa shape index (κ1) is 13.7. The van der Waals surface area contributed by atoms with Crippen LogP contribution in [0.2, 0.25) is 0 Å². The minimum absolute atomic E-state index is 0.0705. The number of carbonyl (C=O) groups excluding carboxylic acids is 1. The van der Waals surface area contributed by atoms with Crippen molar-refractivity contribution in [2.24, 2.45) is 0 Å². The minimum Gasteiger partial charge on any atom is -0.459 e. The molecule has 0 bridgehead atoms. The van der Waals surface area contributed by atoms with Crippen LogP contribution in [-0.4, -0.2) is 47.9 Å². The fraction of sp³-hybridized carbons (Fsp3) is 0.688. The number of hydrogen-bond acceptors (Lipinski definition) is 3. The van der Waals surface area contributed by atoms with Gasteiger partial charge < -0.3 is 14.2 Å². The van der Waals surface area contributed by atoms with Gasteiger partial charge in [0.15, 0.2) is 5.76 Å². The predicted molar refractivity (Wildman–Crippen MR) is 77.7 cm³/mol. The van der Waals surface area contributed by atoms with E-state index >= 15 is 0 Å². The predicted octanol–water partition coefficient (Wildman–Crippen LogP) is 2.76. The summed E-state index contributed by atoms with van der Waals surface area (Å²) in [6, 6.07) is 3.92. The average molecular weight is 276 g/mol. The average Bonchev–Trinajstić information content (AvgIpc) is 3.10. The van der Waals surface area contributed by atoms with Gasteiger partial charge in [-0.1, -0.05) is 12.8 Å². The monoisotopic (exact) mass is 276 g/mol. The van der Waals surface area contributed by atoms with Crippen molar-refractivity contribution in [1.29, 1.82) is 0 Å². The van der Waals surface area contributed by atoms with Crippen molar-refractivity contribution < 1.29 is 9.21 Å². The maximum atomic E-state index is 12.6. The van der Waals surface area contributed by atoms with E-state index in [1.165, 1.54) is 38.8 Å². The molecule has 3 heterocycles. The first-order chi connectivity index (χ1) is 9.84.